The number of pyridine rings is 1. The van der Waals surface area contributed by atoms with Crippen molar-refractivity contribution in [2.45, 2.75) is 25.7 Å². The summed E-state index contributed by atoms with van der Waals surface area (Å²) in [5.41, 5.74) is 2.40. The number of benzene rings is 1. The normalized spacial score (nSPS) is 14.4. The zero-order valence-electron chi connectivity index (χ0n) is 15.5. The highest BCUT2D eigenvalue weighted by atomic mass is 35.5. The predicted octanol–water partition coefficient (Wildman–Crippen LogP) is 4.64. The highest BCUT2D eigenvalue weighted by Crippen LogP contribution is 2.23. The molecule has 3 aromatic rings. The smallest absolute Gasteiger partial charge is 0.255 e. The van der Waals surface area contributed by atoms with Gasteiger partial charge in [0.2, 0.25) is 0 Å². The third-order valence-electron chi connectivity index (χ3n) is 5.15. The Bertz CT molecular complexity index is 997. The van der Waals surface area contributed by atoms with Crippen LogP contribution in [0.25, 0.3) is 10.9 Å². The number of hydrogen-bond donors (Lipinski definition) is 2. The average molecular weight is 401 g/mol. The Labute approximate surface area is 167 Å². The second kappa shape index (κ2) is 8.19. The number of likely N-dealkylation sites (tertiary alicyclic amines) is 1. The number of anilines is 1. The zero-order chi connectivity index (χ0) is 19.5. The lowest BCUT2D eigenvalue weighted by Gasteiger charge is -2.26. The lowest BCUT2D eigenvalue weighted by Crippen LogP contribution is -2.35. The molecule has 1 saturated heterocycles. The van der Waals surface area contributed by atoms with Crippen LogP contribution in [0.1, 0.15) is 35.2 Å². The van der Waals surface area contributed by atoms with E-state index in [1.165, 1.54) is 18.6 Å². The van der Waals surface area contributed by atoms with Crippen molar-refractivity contribution in [2.75, 3.05) is 25.0 Å². The van der Waals surface area contributed by atoms with E-state index < -0.39 is 0 Å². The Balaban J connectivity index is 1.39. The van der Waals surface area contributed by atoms with Crippen LogP contribution in [0.5, 0.6) is 0 Å². The second-order valence-electron chi connectivity index (χ2n) is 7.09. The van der Waals surface area contributed by atoms with Crippen molar-refractivity contribution in [2.24, 2.45) is 0 Å². The van der Waals surface area contributed by atoms with E-state index in [-0.39, 0.29) is 11.7 Å². The Hall–Kier alpha value is -2.60. The number of aromatic nitrogens is 2. The minimum absolute atomic E-state index is 0.00771. The maximum absolute atomic E-state index is 13.3. The first kappa shape index (κ1) is 18.7. The first-order chi connectivity index (χ1) is 13.6. The van der Waals surface area contributed by atoms with E-state index in [0.29, 0.717) is 22.9 Å². The standard InChI is InChI=1S/C21H22ClFN4O/c22-18-10-15(21(28)27-8-2-1-3-9-27)13-26-20(18)24-7-6-14-12-25-19-11-16(23)4-5-17(14)19/h4-5,10-13,25H,1-3,6-9H2,(H,24,26). The van der Waals surface area contributed by atoms with Crippen molar-refractivity contribution in [1.82, 2.24) is 14.9 Å². The molecule has 146 valence electrons. The molecule has 0 radical (unpaired) electrons. The molecule has 7 heteroatoms. The number of piperidine rings is 1. The van der Waals surface area contributed by atoms with Crippen molar-refractivity contribution in [3.05, 3.63) is 58.6 Å². The third-order valence-corrected chi connectivity index (χ3v) is 5.44. The molecule has 1 aliphatic heterocycles. The van der Waals surface area contributed by atoms with Crippen LogP contribution in [0.2, 0.25) is 5.02 Å². The maximum Gasteiger partial charge on any atom is 0.255 e. The number of carbonyl (C=O) groups excluding carboxylic acids is 1. The molecule has 28 heavy (non-hydrogen) atoms. The first-order valence-corrected chi connectivity index (χ1v) is 9.94. The van der Waals surface area contributed by atoms with Crippen LogP contribution < -0.4 is 5.32 Å². The van der Waals surface area contributed by atoms with Gasteiger partial charge in [0.25, 0.3) is 5.91 Å². The van der Waals surface area contributed by atoms with Crippen molar-refractivity contribution >= 4 is 34.2 Å². The Morgan fingerprint density at radius 1 is 1.25 bits per heavy atom. The van der Waals surface area contributed by atoms with E-state index in [4.69, 9.17) is 11.6 Å². The van der Waals surface area contributed by atoms with Crippen molar-refractivity contribution in [1.29, 1.82) is 0 Å². The molecule has 0 bridgehead atoms. The number of nitrogens with zero attached hydrogens (tertiary/aromatic N) is 2. The van der Waals surface area contributed by atoms with Crippen molar-refractivity contribution in [3.8, 4) is 0 Å². The topological polar surface area (TPSA) is 61.0 Å². The molecule has 5 nitrogen and oxygen atoms in total. The number of carbonyl (C=O) groups is 1. The zero-order valence-corrected chi connectivity index (χ0v) is 16.2. The van der Waals surface area contributed by atoms with Crippen LogP contribution in [0.15, 0.2) is 36.7 Å². The summed E-state index contributed by atoms with van der Waals surface area (Å²) in [4.78, 5) is 21.9. The fourth-order valence-electron chi connectivity index (χ4n) is 3.65. The van der Waals surface area contributed by atoms with E-state index in [1.54, 1.807) is 18.3 Å². The molecule has 2 aromatic heterocycles. The summed E-state index contributed by atoms with van der Waals surface area (Å²) in [6, 6.07) is 6.41. The monoisotopic (exact) mass is 400 g/mol. The van der Waals surface area contributed by atoms with Gasteiger partial charge in [-0.15, -0.1) is 0 Å². The van der Waals surface area contributed by atoms with E-state index in [9.17, 15) is 9.18 Å². The molecule has 1 fully saturated rings. The quantitative estimate of drug-likeness (QED) is 0.656. The number of H-pyrrole nitrogens is 1. The minimum atomic E-state index is -0.255. The van der Waals surface area contributed by atoms with Gasteiger partial charge in [-0.1, -0.05) is 11.6 Å². The summed E-state index contributed by atoms with van der Waals surface area (Å²) in [5.74, 6) is 0.295. The lowest BCUT2D eigenvalue weighted by molar-refractivity contribution is 0.0724. The van der Waals surface area contributed by atoms with Gasteiger partial charge in [0.05, 0.1) is 10.6 Å². The van der Waals surface area contributed by atoms with Crippen LogP contribution >= 0.6 is 11.6 Å². The van der Waals surface area contributed by atoms with Gasteiger partial charge in [0.15, 0.2) is 0 Å². The van der Waals surface area contributed by atoms with Gasteiger partial charge in [-0.3, -0.25) is 4.79 Å². The van der Waals surface area contributed by atoms with Gasteiger partial charge >= 0.3 is 0 Å². The van der Waals surface area contributed by atoms with E-state index in [0.717, 1.165) is 48.8 Å². The molecule has 2 N–H and O–H groups in total. The molecule has 3 heterocycles. The van der Waals surface area contributed by atoms with Crippen LogP contribution in [0.4, 0.5) is 10.2 Å². The molecule has 1 amide bonds. The highest BCUT2D eigenvalue weighted by Gasteiger charge is 2.19. The largest absolute Gasteiger partial charge is 0.369 e. The van der Waals surface area contributed by atoms with Gasteiger partial charge < -0.3 is 15.2 Å². The fraction of sp³-hybridized carbons (Fsp3) is 0.333. The number of fused-ring (bicyclic) bond motifs is 1. The minimum Gasteiger partial charge on any atom is -0.369 e. The average Bonchev–Trinajstić information content (AvgIpc) is 3.11. The molecular formula is C21H22ClFN4O. The third kappa shape index (κ3) is 3.97. The molecule has 0 unspecified atom stereocenters. The number of amides is 1. The maximum atomic E-state index is 13.3. The van der Waals surface area contributed by atoms with Crippen LogP contribution in [0, 0.1) is 5.82 Å². The Kier molecular flexibility index (Phi) is 5.48. The SMILES string of the molecule is O=C(c1cnc(NCCc2c[nH]c3cc(F)ccc23)c(Cl)c1)N1CCCCC1. The van der Waals surface area contributed by atoms with E-state index >= 15 is 0 Å². The van der Waals surface area contributed by atoms with Crippen LogP contribution in [-0.2, 0) is 6.42 Å². The molecule has 0 saturated carbocycles. The van der Waals surface area contributed by atoms with Crippen LogP contribution in [-0.4, -0.2) is 40.4 Å². The summed E-state index contributed by atoms with van der Waals surface area (Å²) in [5, 5.41) is 4.66. The number of hydrogen-bond acceptors (Lipinski definition) is 3. The summed E-state index contributed by atoms with van der Waals surface area (Å²) >= 11 is 6.34. The number of halogens is 2. The van der Waals surface area contributed by atoms with E-state index in [1.807, 2.05) is 11.1 Å². The number of nitrogens with one attached hydrogen (secondary N) is 2. The Morgan fingerprint density at radius 3 is 2.86 bits per heavy atom. The lowest BCUT2D eigenvalue weighted by atomic mass is 10.1. The molecule has 1 aliphatic rings. The van der Waals surface area contributed by atoms with Crippen LogP contribution in [0.3, 0.4) is 0 Å². The van der Waals surface area contributed by atoms with Gasteiger partial charge in [0.1, 0.15) is 11.6 Å². The predicted molar refractivity (Wildman–Crippen MR) is 109 cm³/mol. The van der Waals surface area contributed by atoms with Crippen molar-refractivity contribution in [3.63, 3.8) is 0 Å². The number of rotatable bonds is 5. The summed E-state index contributed by atoms with van der Waals surface area (Å²) in [6.45, 7) is 2.21. The molecule has 0 aliphatic carbocycles. The molecular weight excluding hydrogens is 379 g/mol. The summed E-state index contributed by atoms with van der Waals surface area (Å²) in [7, 11) is 0. The summed E-state index contributed by atoms with van der Waals surface area (Å²) < 4.78 is 13.3. The van der Waals surface area contributed by atoms with Crippen molar-refractivity contribution < 1.29 is 9.18 Å². The molecule has 4 rings (SSSR count). The first-order valence-electron chi connectivity index (χ1n) is 9.56. The highest BCUT2D eigenvalue weighted by molar-refractivity contribution is 6.33. The number of aromatic amines is 1. The van der Waals surface area contributed by atoms with E-state index in [2.05, 4.69) is 15.3 Å². The van der Waals surface area contributed by atoms with Gasteiger partial charge in [-0.05, 0) is 55.5 Å². The molecule has 0 spiro atoms. The summed E-state index contributed by atoms with van der Waals surface area (Å²) in [6.07, 6.45) is 7.48. The molecule has 0 atom stereocenters. The fourth-order valence-corrected chi connectivity index (χ4v) is 3.88. The molecule has 1 aromatic carbocycles. The van der Waals surface area contributed by atoms with Gasteiger partial charge in [-0.2, -0.15) is 0 Å². The van der Waals surface area contributed by atoms with Gasteiger partial charge in [-0.25, -0.2) is 9.37 Å². The second-order valence-corrected chi connectivity index (χ2v) is 7.50. The van der Waals surface area contributed by atoms with Gasteiger partial charge in [0, 0.05) is 42.9 Å². The Morgan fingerprint density at radius 2 is 2.07 bits per heavy atom.